The van der Waals surface area contributed by atoms with Gasteiger partial charge in [0.1, 0.15) is 34.8 Å². The number of rotatable bonds is 11. The molecule has 0 aliphatic heterocycles. The molecule has 2 aromatic heterocycles. The molecule has 2 amide bonds. The summed E-state index contributed by atoms with van der Waals surface area (Å²) >= 11 is 0. The van der Waals surface area contributed by atoms with E-state index in [9.17, 15) is 19.2 Å². The van der Waals surface area contributed by atoms with Gasteiger partial charge in [-0.1, -0.05) is 36.4 Å². The highest BCUT2D eigenvalue weighted by atomic mass is 19.1. The van der Waals surface area contributed by atoms with Crippen LogP contribution in [0.25, 0.3) is 11.0 Å². The number of allylic oxidation sites excluding steroid dienone is 1. The molecule has 0 aliphatic rings. The molecule has 0 fully saturated rings. The van der Waals surface area contributed by atoms with Crippen LogP contribution in [0.4, 0.5) is 19.3 Å². The Kier molecular flexibility index (Phi) is 10.9. The highest BCUT2D eigenvalue weighted by Crippen LogP contribution is 2.33. The number of fused-ring (bicyclic) bond motifs is 1. The predicted molar refractivity (Wildman–Crippen MR) is 172 cm³/mol. The lowest BCUT2D eigenvalue weighted by molar-refractivity contribution is -0.123. The van der Waals surface area contributed by atoms with E-state index < -0.39 is 34.8 Å². The van der Waals surface area contributed by atoms with Gasteiger partial charge in [0, 0.05) is 32.8 Å². The summed E-state index contributed by atoms with van der Waals surface area (Å²) in [4.78, 5) is 56.8. The molecule has 4 aromatic rings. The third-order valence-corrected chi connectivity index (χ3v) is 6.74. The highest BCUT2D eigenvalue weighted by molar-refractivity contribution is 5.92. The molecule has 248 valence electrons. The highest BCUT2D eigenvalue weighted by Gasteiger charge is 2.29. The maximum atomic E-state index is 15.4. The molecular formula is C34H37F2N5O6. The Morgan fingerprint density at radius 1 is 1.04 bits per heavy atom. The van der Waals surface area contributed by atoms with E-state index in [2.05, 4.69) is 10.3 Å². The van der Waals surface area contributed by atoms with Gasteiger partial charge in [0.25, 0.3) is 5.56 Å². The molecular weight excluding hydrogens is 612 g/mol. The molecule has 0 spiro atoms. The first-order valence-corrected chi connectivity index (χ1v) is 14.9. The SMILES string of the molecule is CN(C)C(=O)/C=C/CCCC(=O)Nc1cccn(Cc2nc3c(OCc4ccccc4)c(F)cc(F)c3n2C(=O)OC(C)(C)C)c1=O. The smallest absolute Gasteiger partial charge is 0.420 e. The van der Waals surface area contributed by atoms with Gasteiger partial charge in [-0.3, -0.25) is 14.4 Å². The zero-order valence-corrected chi connectivity index (χ0v) is 26.9. The molecule has 2 aromatic carbocycles. The Morgan fingerprint density at radius 3 is 2.45 bits per heavy atom. The molecule has 2 heterocycles. The van der Waals surface area contributed by atoms with Crippen LogP contribution >= 0.6 is 0 Å². The summed E-state index contributed by atoms with van der Waals surface area (Å²) in [7, 11) is 3.27. The van der Waals surface area contributed by atoms with E-state index in [-0.39, 0.29) is 53.8 Å². The standard InChI is InChI=1S/C34H37F2N5O6/c1-34(2,3)47-33(45)41-26(38-29-30(41)23(35)19-24(36)31(29)46-21-22-13-8-6-9-14-22)20-40-18-12-15-25(32(40)44)37-27(42)16-10-7-11-17-28(43)39(4)5/h6,8-9,11-15,17-19H,7,10,16,20-21H2,1-5H3,(H,37,42)/b17-11+. The molecule has 1 N–H and O–H groups in total. The van der Waals surface area contributed by atoms with Crippen LogP contribution in [0.2, 0.25) is 0 Å². The van der Waals surface area contributed by atoms with Crippen molar-refractivity contribution in [3.8, 4) is 5.75 Å². The number of amides is 2. The summed E-state index contributed by atoms with van der Waals surface area (Å²) in [5, 5.41) is 2.59. The lowest BCUT2D eigenvalue weighted by Gasteiger charge is -2.20. The second-order valence-electron chi connectivity index (χ2n) is 11.9. The molecule has 0 atom stereocenters. The lowest BCUT2D eigenvalue weighted by atomic mass is 10.2. The van der Waals surface area contributed by atoms with Gasteiger partial charge in [0.15, 0.2) is 17.4 Å². The van der Waals surface area contributed by atoms with E-state index in [0.717, 1.165) is 10.1 Å². The predicted octanol–water partition coefficient (Wildman–Crippen LogP) is 5.64. The van der Waals surface area contributed by atoms with Crippen LogP contribution in [-0.4, -0.2) is 56.6 Å². The van der Waals surface area contributed by atoms with Crippen LogP contribution in [0.3, 0.4) is 0 Å². The van der Waals surface area contributed by atoms with Gasteiger partial charge in [-0.25, -0.2) is 23.1 Å². The fourth-order valence-electron chi connectivity index (χ4n) is 4.52. The number of ether oxygens (including phenoxy) is 2. The Labute approximate surface area is 270 Å². The second-order valence-corrected chi connectivity index (χ2v) is 11.9. The first-order valence-electron chi connectivity index (χ1n) is 14.9. The first kappa shape index (κ1) is 34.5. The number of nitrogens with zero attached hydrogens (tertiary/aromatic N) is 4. The Hall–Kier alpha value is -5.33. The summed E-state index contributed by atoms with van der Waals surface area (Å²) in [6, 6.07) is 12.5. The molecule has 0 radical (unpaired) electrons. The van der Waals surface area contributed by atoms with Crippen molar-refractivity contribution >= 4 is 34.6 Å². The molecule has 13 heteroatoms. The third kappa shape index (κ3) is 8.90. The van der Waals surface area contributed by atoms with E-state index >= 15 is 8.78 Å². The number of hydrogen-bond donors (Lipinski definition) is 1. The number of pyridine rings is 1. The maximum absolute atomic E-state index is 15.4. The van der Waals surface area contributed by atoms with Gasteiger partial charge >= 0.3 is 6.09 Å². The first-order chi connectivity index (χ1) is 22.2. The fourth-order valence-corrected chi connectivity index (χ4v) is 4.52. The summed E-state index contributed by atoms with van der Waals surface area (Å²) in [5.74, 6) is -3.18. The number of hydrogen-bond acceptors (Lipinski definition) is 7. The van der Waals surface area contributed by atoms with Crippen LogP contribution in [-0.2, 0) is 27.5 Å². The Balaban J connectivity index is 1.64. The zero-order chi connectivity index (χ0) is 34.3. The number of carbonyl (C=O) groups excluding carboxylic acids is 3. The normalized spacial score (nSPS) is 11.6. The molecule has 0 saturated carbocycles. The molecule has 0 unspecified atom stereocenters. The van der Waals surface area contributed by atoms with Crippen molar-refractivity contribution in [1.82, 2.24) is 19.0 Å². The van der Waals surface area contributed by atoms with Gasteiger partial charge in [-0.15, -0.1) is 0 Å². The van der Waals surface area contributed by atoms with Crippen molar-refractivity contribution < 1.29 is 32.6 Å². The minimum atomic E-state index is -1.08. The number of benzene rings is 2. The van der Waals surface area contributed by atoms with E-state index in [0.29, 0.717) is 18.9 Å². The quantitative estimate of drug-likeness (QED) is 0.165. The average Bonchev–Trinajstić information content (AvgIpc) is 3.38. The zero-order valence-electron chi connectivity index (χ0n) is 26.9. The fraction of sp³-hybridized carbons (Fsp3) is 0.324. The molecule has 0 bridgehead atoms. The van der Waals surface area contributed by atoms with Gasteiger partial charge in [0.05, 0.1) is 6.54 Å². The van der Waals surface area contributed by atoms with Gasteiger partial charge in [-0.05, 0) is 57.4 Å². The summed E-state index contributed by atoms with van der Waals surface area (Å²) in [6.07, 6.45) is 4.55. The lowest BCUT2D eigenvalue weighted by Crippen LogP contribution is -2.30. The molecule has 0 aliphatic carbocycles. The van der Waals surface area contributed by atoms with Crippen LogP contribution in [0.1, 0.15) is 51.4 Å². The number of aromatic nitrogens is 3. The third-order valence-electron chi connectivity index (χ3n) is 6.74. The van der Waals surface area contributed by atoms with Gasteiger partial charge in [0.2, 0.25) is 11.8 Å². The van der Waals surface area contributed by atoms with E-state index in [1.807, 2.05) is 6.07 Å². The number of imidazole rings is 1. The maximum Gasteiger partial charge on any atom is 0.420 e. The number of halogens is 2. The van der Waals surface area contributed by atoms with Crippen LogP contribution < -0.4 is 15.6 Å². The number of likely N-dealkylation sites (N-methyl/N-ethyl adjacent to an activating group) is 1. The monoisotopic (exact) mass is 649 g/mol. The topological polar surface area (TPSA) is 125 Å². The summed E-state index contributed by atoms with van der Waals surface area (Å²) < 4.78 is 43.8. The van der Waals surface area contributed by atoms with Gasteiger partial charge in [-0.2, -0.15) is 0 Å². The van der Waals surface area contributed by atoms with E-state index in [4.69, 9.17) is 9.47 Å². The second kappa shape index (κ2) is 14.8. The van der Waals surface area contributed by atoms with Crippen LogP contribution in [0, 0.1) is 11.6 Å². The largest absolute Gasteiger partial charge is 0.483 e. The number of carbonyl (C=O) groups is 3. The number of nitrogens with one attached hydrogen (secondary N) is 1. The van der Waals surface area contributed by atoms with Crippen molar-refractivity contribution in [2.24, 2.45) is 0 Å². The summed E-state index contributed by atoms with van der Waals surface area (Å²) in [6.45, 7) is 4.47. The molecule has 4 rings (SSSR count). The van der Waals surface area contributed by atoms with Crippen molar-refractivity contribution in [1.29, 1.82) is 0 Å². The Morgan fingerprint density at radius 2 is 1.77 bits per heavy atom. The van der Waals surface area contributed by atoms with Crippen molar-refractivity contribution in [3.05, 3.63) is 100 Å². The van der Waals surface area contributed by atoms with Crippen molar-refractivity contribution in [2.75, 3.05) is 19.4 Å². The molecule has 0 saturated heterocycles. The van der Waals surface area contributed by atoms with Crippen molar-refractivity contribution in [2.45, 2.75) is 58.8 Å². The Bertz CT molecular complexity index is 1860. The van der Waals surface area contributed by atoms with Crippen molar-refractivity contribution in [3.63, 3.8) is 0 Å². The van der Waals surface area contributed by atoms with Gasteiger partial charge < -0.3 is 24.3 Å². The van der Waals surface area contributed by atoms with E-state index in [1.54, 1.807) is 65.2 Å². The van der Waals surface area contributed by atoms with Crippen LogP contribution in [0.5, 0.6) is 5.75 Å². The number of anilines is 1. The molecule has 11 nitrogen and oxygen atoms in total. The molecule has 47 heavy (non-hydrogen) atoms. The number of unbranched alkanes of at least 4 members (excludes halogenated alkanes) is 1. The van der Waals surface area contributed by atoms with Crippen LogP contribution in [0.15, 0.2) is 71.7 Å². The summed E-state index contributed by atoms with van der Waals surface area (Å²) in [5.41, 5.74) is -1.55. The average molecular weight is 650 g/mol. The van der Waals surface area contributed by atoms with E-state index in [1.165, 1.54) is 33.9 Å². The minimum Gasteiger partial charge on any atom is -0.483 e. The minimum absolute atomic E-state index is 0.0279.